The van der Waals surface area contributed by atoms with Gasteiger partial charge in [-0.15, -0.1) is 0 Å². The number of hydrogen-bond donors (Lipinski definition) is 0. The third-order valence-electron chi connectivity index (χ3n) is 11.6. The Balaban J connectivity index is 1.46. The van der Waals surface area contributed by atoms with Crippen LogP contribution in [0.2, 0.25) is 0 Å². The summed E-state index contributed by atoms with van der Waals surface area (Å²) < 4.78 is 5.63. The SMILES string of the molecule is CC[C@H](CC[C@@H](C)[C@H]1CC[C@H]2[C@H]3CC=C4C[C@@H](OC(C)=O)CC[C@]4(C)[C@H]3CC[C@]12C)C(C)C. The van der Waals surface area contributed by atoms with Gasteiger partial charge in [-0.1, -0.05) is 66.0 Å². The molecule has 3 fully saturated rings. The lowest BCUT2D eigenvalue weighted by Gasteiger charge is -2.58. The highest BCUT2D eigenvalue weighted by atomic mass is 16.5. The minimum atomic E-state index is -0.115. The van der Waals surface area contributed by atoms with Crippen molar-refractivity contribution in [3.8, 4) is 0 Å². The van der Waals surface area contributed by atoms with Crippen LogP contribution in [0, 0.1) is 52.3 Å². The Bertz CT molecular complexity index is 737. The maximum Gasteiger partial charge on any atom is 0.302 e. The minimum absolute atomic E-state index is 0.113. The van der Waals surface area contributed by atoms with Crippen LogP contribution in [0.15, 0.2) is 11.6 Å². The van der Waals surface area contributed by atoms with E-state index in [-0.39, 0.29) is 12.1 Å². The third-order valence-corrected chi connectivity index (χ3v) is 11.6. The number of allylic oxidation sites excluding steroid dienone is 1. The first kappa shape index (κ1) is 25.3. The molecular formula is C31H52O2. The molecular weight excluding hydrogens is 404 g/mol. The highest BCUT2D eigenvalue weighted by Crippen LogP contribution is 2.67. The predicted molar refractivity (Wildman–Crippen MR) is 138 cm³/mol. The Morgan fingerprint density at radius 1 is 1.06 bits per heavy atom. The fourth-order valence-electron chi connectivity index (χ4n) is 9.63. The van der Waals surface area contributed by atoms with Crippen molar-refractivity contribution in [2.45, 2.75) is 125 Å². The third kappa shape index (κ3) is 4.58. The molecule has 4 aliphatic carbocycles. The van der Waals surface area contributed by atoms with Crippen LogP contribution in [0.25, 0.3) is 0 Å². The molecule has 4 rings (SSSR count). The number of hydrogen-bond acceptors (Lipinski definition) is 2. The molecule has 0 heterocycles. The first-order valence-electron chi connectivity index (χ1n) is 14.5. The summed E-state index contributed by atoms with van der Waals surface area (Å²) in [5.74, 6) is 6.03. The van der Waals surface area contributed by atoms with Crippen molar-refractivity contribution in [3.05, 3.63) is 11.6 Å². The molecule has 0 N–H and O–H groups in total. The highest BCUT2D eigenvalue weighted by Gasteiger charge is 2.59. The number of carbonyl (C=O) groups excluding carboxylic acids is 1. The second-order valence-electron chi connectivity index (χ2n) is 13.4. The van der Waals surface area contributed by atoms with E-state index in [2.05, 4.69) is 47.6 Å². The van der Waals surface area contributed by atoms with E-state index in [1.165, 1.54) is 57.8 Å². The van der Waals surface area contributed by atoms with Crippen LogP contribution < -0.4 is 0 Å². The smallest absolute Gasteiger partial charge is 0.302 e. The summed E-state index contributed by atoms with van der Waals surface area (Å²) in [5.41, 5.74) is 2.51. The molecule has 0 radical (unpaired) electrons. The molecule has 2 heteroatoms. The first-order valence-corrected chi connectivity index (χ1v) is 14.5. The van der Waals surface area contributed by atoms with Gasteiger partial charge in [-0.25, -0.2) is 0 Å². The van der Waals surface area contributed by atoms with E-state index < -0.39 is 0 Å². The normalized spacial score (nSPS) is 42.1. The monoisotopic (exact) mass is 456 g/mol. The maximum atomic E-state index is 11.5. The molecule has 0 aromatic carbocycles. The van der Waals surface area contributed by atoms with Crippen molar-refractivity contribution in [3.63, 3.8) is 0 Å². The van der Waals surface area contributed by atoms with Crippen LogP contribution in [0.1, 0.15) is 119 Å². The number of rotatable bonds is 7. The van der Waals surface area contributed by atoms with Crippen LogP contribution in [0.3, 0.4) is 0 Å². The molecule has 0 aromatic rings. The molecule has 4 aliphatic rings. The van der Waals surface area contributed by atoms with Crippen molar-refractivity contribution in [2.75, 3.05) is 0 Å². The van der Waals surface area contributed by atoms with Gasteiger partial charge in [-0.05, 0) is 104 Å². The molecule has 0 amide bonds. The van der Waals surface area contributed by atoms with Crippen molar-refractivity contribution in [1.29, 1.82) is 0 Å². The summed E-state index contributed by atoms with van der Waals surface area (Å²) in [6, 6.07) is 0. The number of esters is 1. The maximum absolute atomic E-state index is 11.5. The molecule has 188 valence electrons. The molecule has 3 saturated carbocycles. The Morgan fingerprint density at radius 3 is 2.48 bits per heavy atom. The summed E-state index contributed by atoms with van der Waals surface area (Å²) in [4.78, 5) is 11.5. The van der Waals surface area contributed by atoms with E-state index in [1.807, 2.05) is 0 Å². The van der Waals surface area contributed by atoms with Gasteiger partial charge in [-0.2, -0.15) is 0 Å². The number of ether oxygens (including phenoxy) is 1. The molecule has 0 bridgehead atoms. The lowest BCUT2D eigenvalue weighted by atomic mass is 9.47. The van der Waals surface area contributed by atoms with Crippen LogP contribution in [-0.4, -0.2) is 12.1 Å². The van der Waals surface area contributed by atoms with Gasteiger partial charge in [0.25, 0.3) is 0 Å². The van der Waals surface area contributed by atoms with Gasteiger partial charge in [-0.3, -0.25) is 4.79 Å². The van der Waals surface area contributed by atoms with Crippen LogP contribution in [0.5, 0.6) is 0 Å². The van der Waals surface area contributed by atoms with Crippen LogP contribution in [-0.2, 0) is 9.53 Å². The van der Waals surface area contributed by atoms with Gasteiger partial charge in [0, 0.05) is 13.3 Å². The Labute approximate surface area is 204 Å². The molecule has 2 nitrogen and oxygen atoms in total. The second-order valence-corrected chi connectivity index (χ2v) is 13.4. The van der Waals surface area contributed by atoms with Gasteiger partial charge in [0.15, 0.2) is 0 Å². The topological polar surface area (TPSA) is 26.3 Å². The fraction of sp³-hybridized carbons (Fsp3) is 0.903. The summed E-state index contributed by atoms with van der Waals surface area (Å²) in [6.07, 6.45) is 17.2. The van der Waals surface area contributed by atoms with Gasteiger partial charge in [0.05, 0.1) is 0 Å². The Kier molecular flexibility index (Phi) is 7.43. The largest absolute Gasteiger partial charge is 0.462 e. The molecule has 0 saturated heterocycles. The molecule has 0 aliphatic heterocycles. The van der Waals surface area contributed by atoms with Gasteiger partial charge in [0.2, 0.25) is 0 Å². The predicted octanol–water partition coefficient (Wildman–Crippen LogP) is 8.60. The summed E-state index contributed by atoms with van der Waals surface area (Å²) in [5, 5.41) is 0. The zero-order chi connectivity index (χ0) is 24.0. The van der Waals surface area contributed by atoms with Crippen LogP contribution in [0.4, 0.5) is 0 Å². The summed E-state index contributed by atoms with van der Waals surface area (Å²) >= 11 is 0. The highest BCUT2D eigenvalue weighted by molar-refractivity contribution is 5.66. The van der Waals surface area contributed by atoms with E-state index in [9.17, 15) is 4.79 Å². The van der Waals surface area contributed by atoms with Gasteiger partial charge >= 0.3 is 5.97 Å². The molecule has 33 heavy (non-hydrogen) atoms. The van der Waals surface area contributed by atoms with Crippen LogP contribution >= 0.6 is 0 Å². The van der Waals surface area contributed by atoms with E-state index in [0.29, 0.717) is 10.8 Å². The quantitative estimate of drug-likeness (QED) is 0.283. The van der Waals surface area contributed by atoms with E-state index in [0.717, 1.165) is 54.3 Å². The summed E-state index contributed by atoms with van der Waals surface area (Å²) in [6.45, 7) is 16.6. The van der Waals surface area contributed by atoms with Crippen molar-refractivity contribution in [2.24, 2.45) is 52.3 Å². The lowest BCUT2D eigenvalue weighted by Crippen LogP contribution is -2.51. The van der Waals surface area contributed by atoms with Crippen molar-refractivity contribution >= 4 is 5.97 Å². The molecule has 0 spiro atoms. The van der Waals surface area contributed by atoms with Gasteiger partial charge in [0.1, 0.15) is 6.10 Å². The summed E-state index contributed by atoms with van der Waals surface area (Å²) in [7, 11) is 0. The molecule has 0 aromatic heterocycles. The van der Waals surface area contributed by atoms with E-state index in [4.69, 9.17) is 4.74 Å². The standard InChI is InChI=1S/C31H52O2/c1-8-23(20(2)3)10-9-21(4)27-13-14-28-26-12-11-24-19-25(33-22(5)32)15-17-30(24,6)29(26)16-18-31(27,28)7/h11,20-21,23,25-29H,8-10,12-19H2,1-7H3/t21-,23-,25+,26-,27-,28+,29+,30+,31-/m1/s1. The zero-order valence-electron chi connectivity index (χ0n) is 22.8. The molecule has 0 unspecified atom stereocenters. The number of fused-ring (bicyclic) bond motifs is 5. The number of carbonyl (C=O) groups is 1. The van der Waals surface area contributed by atoms with Crippen molar-refractivity contribution in [1.82, 2.24) is 0 Å². The Morgan fingerprint density at radius 2 is 1.82 bits per heavy atom. The van der Waals surface area contributed by atoms with Gasteiger partial charge < -0.3 is 4.74 Å². The zero-order valence-corrected chi connectivity index (χ0v) is 22.8. The first-order chi connectivity index (χ1) is 15.6. The minimum Gasteiger partial charge on any atom is -0.462 e. The van der Waals surface area contributed by atoms with Crippen molar-refractivity contribution < 1.29 is 9.53 Å². The average Bonchev–Trinajstić information content (AvgIpc) is 3.11. The van der Waals surface area contributed by atoms with E-state index in [1.54, 1.807) is 12.5 Å². The van der Waals surface area contributed by atoms with E-state index >= 15 is 0 Å². The lowest BCUT2D eigenvalue weighted by molar-refractivity contribution is -0.148. The molecule has 9 atom stereocenters. The fourth-order valence-corrected chi connectivity index (χ4v) is 9.63. The average molecular weight is 457 g/mol. The second kappa shape index (κ2) is 9.69. The Hall–Kier alpha value is -0.790.